The first-order valence-corrected chi connectivity index (χ1v) is 8.26. The molecule has 2 aromatic rings. The number of hydrogen-bond donors (Lipinski definition) is 2. The van der Waals surface area contributed by atoms with Crippen LogP contribution >= 0.6 is 34.8 Å². The highest BCUT2D eigenvalue weighted by Crippen LogP contribution is 2.33. The molecule has 6 nitrogen and oxygen atoms in total. The molecule has 0 fully saturated rings. The Morgan fingerprint density at radius 3 is 2.52 bits per heavy atom. The van der Waals surface area contributed by atoms with Crippen molar-refractivity contribution < 1.29 is 13.5 Å². The van der Waals surface area contributed by atoms with Crippen molar-refractivity contribution in [3.8, 4) is 0 Å². The molecule has 0 aliphatic heterocycles. The average Bonchev–Trinajstić information content (AvgIpc) is 2.86. The maximum Gasteiger partial charge on any atom is 0.265 e. The van der Waals surface area contributed by atoms with Gasteiger partial charge in [0.05, 0.1) is 40.1 Å². The molecule has 0 radical (unpaired) electrons. The maximum atomic E-state index is 12.2. The molecule has 0 amide bonds. The van der Waals surface area contributed by atoms with E-state index in [0.717, 1.165) is 0 Å². The van der Waals surface area contributed by atoms with E-state index in [-0.39, 0.29) is 38.8 Å². The predicted octanol–water partition coefficient (Wildman–Crippen LogP) is 2.64. The van der Waals surface area contributed by atoms with E-state index in [0.29, 0.717) is 0 Å². The van der Waals surface area contributed by atoms with E-state index >= 15 is 0 Å². The first-order chi connectivity index (χ1) is 9.83. The van der Waals surface area contributed by atoms with Crippen molar-refractivity contribution in [3.05, 3.63) is 39.6 Å². The van der Waals surface area contributed by atoms with Crippen LogP contribution in [-0.4, -0.2) is 29.9 Å². The number of aliphatic hydroxyl groups excluding tert-OH is 1. The topological polar surface area (TPSA) is 84.2 Å². The molecule has 0 aliphatic carbocycles. The third-order valence-corrected chi connectivity index (χ3v) is 4.86. The number of sulfonamides is 1. The molecule has 21 heavy (non-hydrogen) atoms. The van der Waals surface area contributed by atoms with Crippen molar-refractivity contribution in [1.82, 2.24) is 9.78 Å². The Morgan fingerprint density at radius 2 is 1.86 bits per heavy atom. The lowest BCUT2D eigenvalue weighted by atomic mass is 10.3. The first-order valence-electron chi connectivity index (χ1n) is 5.64. The number of anilines is 1. The summed E-state index contributed by atoms with van der Waals surface area (Å²) >= 11 is 17.5. The highest BCUT2D eigenvalue weighted by Gasteiger charge is 2.19. The number of hydrogen-bond acceptors (Lipinski definition) is 4. The Balaban J connectivity index is 2.30. The van der Waals surface area contributed by atoms with Gasteiger partial charge in [-0.05, 0) is 12.1 Å². The van der Waals surface area contributed by atoms with Crippen molar-refractivity contribution in [3.63, 3.8) is 0 Å². The molecule has 10 heteroatoms. The molecule has 0 bridgehead atoms. The van der Waals surface area contributed by atoms with Crippen LogP contribution in [0.3, 0.4) is 0 Å². The van der Waals surface area contributed by atoms with Crippen LogP contribution in [0.2, 0.25) is 15.1 Å². The van der Waals surface area contributed by atoms with Gasteiger partial charge in [0.25, 0.3) is 10.0 Å². The number of rotatable bonds is 5. The van der Waals surface area contributed by atoms with Crippen LogP contribution in [0.1, 0.15) is 0 Å². The largest absolute Gasteiger partial charge is 0.394 e. The molecule has 0 saturated heterocycles. The van der Waals surface area contributed by atoms with E-state index in [4.69, 9.17) is 39.9 Å². The van der Waals surface area contributed by atoms with Crippen LogP contribution in [-0.2, 0) is 16.6 Å². The Labute approximate surface area is 136 Å². The van der Waals surface area contributed by atoms with Crippen LogP contribution < -0.4 is 4.72 Å². The quantitative estimate of drug-likeness (QED) is 0.792. The lowest BCUT2D eigenvalue weighted by molar-refractivity contribution is 0.269. The summed E-state index contributed by atoms with van der Waals surface area (Å²) in [4.78, 5) is -0.0573. The maximum absolute atomic E-state index is 12.2. The molecule has 0 unspecified atom stereocenters. The van der Waals surface area contributed by atoms with Crippen molar-refractivity contribution in [2.45, 2.75) is 11.4 Å². The van der Waals surface area contributed by atoms with Gasteiger partial charge in [0.1, 0.15) is 4.90 Å². The summed E-state index contributed by atoms with van der Waals surface area (Å²) in [6.45, 7) is 0.0519. The number of aliphatic hydroxyl groups is 1. The molecule has 0 spiro atoms. The van der Waals surface area contributed by atoms with Crippen LogP contribution in [0.25, 0.3) is 0 Å². The van der Waals surface area contributed by atoms with E-state index < -0.39 is 10.0 Å². The third kappa shape index (κ3) is 3.81. The smallest absolute Gasteiger partial charge is 0.265 e. The average molecular weight is 371 g/mol. The van der Waals surface area contributed by atoms with Gasteiger partial charge in [0.2, 0.25) is 0 Å². The van der Waals surface area contributed by atoms with Crippen molar-refractivity contribution in [2.75, 3.05) is 11.3 Å². The zero-order chi connectivity index (χ0) is 15.6. The van der Waals surface area contributed by atoms with Crippen LogP contribution in [0.4, 0.5) is 5.69 Å². The van der Waals surface area contributed by atoms with Crippen LogP contribution in [0, 0.1) is 0 Å². The number of aromatic nitrogens is 2. The minimum absolute atomic E-state index is 0.0573. The first kappa shape index (κ1) is 16.4. The zero-order valence-electron chi connectivity index (χ0n) is 10.4. The standard InChI is InChI=1S/C11H10Cl3N3O3S/c12-8-3-10(14)11(4-9(8)13)16-21(19,20)7-5-15-17(6-7)1-2-18/h3-6,16,18H,1-2H2. The fourth-order valence-corrected chi connectivity index (χ4v) is 3.19. The molecule has 1 aromatic carbocycles. The lowest BCUT2D eigenvalue weighted by Crippen LogP contribution is -2.13. The van der Waals surface area contributed by atoms with Gasteiger partial charge in [-0.2, -0.15) is 5.10 Å². The SMILES string of the molecule is O=S(=O)(Nc1cc(Cl)c(Cl)cc1Cl)c1cnn(CCO)c1. The minimum atomic E-state index is -3.86. The molecule has 2 rings (SSSR count). The molecule has 0 saturated carbocycles. The fourth-order valence-electron chi connectivity index (χ4n) is 1.51. The van der Waals surface area contributed by atoms with Gasteiger partial charge in [-0.3, -0.25) is 9.40 Å². The molecular weight excluding hydrogens is 361 g/mol. The molecular formula is C11H10Cl3N3O3S. The fraction of sp³-hybridized carbons (Fsp3) is 0.182. The number of nitrogens with zero attached hydrogens (tertiary/aromatic N) is 2. The number of nitrogens with one attached hydrogen (secondary N) is 1. The summed E-state index contributed by atoms with van der Waals surface area (Å²) in [6, 6.07) is 2.67. The lowest BCUT2D eigenvalue weighted by Gasteiger charge is -2.09. The molecule has 1 aromatic heterocycles. The summed E-state index contributed by atoms with van der Waals surface area (Å²) in [5.41, 5.74) is 0.112. The van der Waals surface area contributed by atoms with Gasteiger partial charge >= 0.3 is 0 Å². The van der Waals surface area contributed by atoms with Crippen LogP contribution in [0.15, 0.2) is 29.4 Å². The third-order valence-electron chi connectivity index (χ3n) is 2.50. The molecule has 1 heterocycles. The van der Waals surface area contributed by atoms with E-state index in [9.17, 15) is 8.42 Å². The summed E-state index contributed by atoms with van der Waals surface area (Å²) < 4.78 is 28.0. The summed E-state index contributed by atoms with van der Waals surface area (Å²) in [7, 11) is -3.86. The molecule has 0 aliphatic rings. The summed E-state index contributed by atoms with van der Waals surface area (Å²) in [5.74, 6) is 0. The van der Waals surface area contributed by atoms with Gasteiger partial charge in [-0.1, -0.05) is 34.8 Å². The van der Waals surface area contributed by atoms with Gasteiger partial charge in [0.15, 0.2) is 0 Å². The van der Waals surface area contributed by atoms with Gasteiger partial charge in [-0.25, -0.2) is 8.42 Å². The van der Waals surface area contributed by atoms with Crippen molar-refractivity contribution in [2.24, 2.45) is 0 Å². The van der Waals surface area contributed by atoms with E-state index in [2.05, 4.69) is 9.82 Å². The second-order valence-corrected chi connectivity index (χ2v) is 6.92. The Hall–Kier alpha value is -0.990. The van der Waals surface area contributed by atoms with E-state index in [1.165, 1.54) is 29.2 Å². The highest BCUT2D eigenvalue weighted by atomic mass is 35.5. The van der Waals surface area contributed by atoms with Gasteiger partial charge in [-0.15, -0.1) is 0 Å². The highest BCUT2D eigenvalue weighted by molar-refractivity contribution is 7.92. The second-order valence-electron chi connectivity index (χ2n) is 4.01. The minimum Gasteiger partial charge on any atom is -0.394 e. The van der Waals surface area contributed by atoms with E-state index in [1.54, 1.807) is 0 Å². The Kier molecular flexibility index (Phi) is 5.00. The second kappa shape index (κ2) is 6.41. The monoisotopic (exact) mass is 369 g/mol. The molecule has 2 N–H and O–H groups in total. The molecule has 0 atom stereocenters. The predicted molar refractivity (Wildman–Crippen MR) is 81.6 cm³/mol. The van der Waals surface area contributed by atoms with Crippen molar-refractivity contribution >= 4 is 50.5 Å². The zero-order valence-corrected chi connectivity index (χ0v) is 13.5. The molecule has 114 valence electrons. The normalized spacial score (nSPS) is 11.6. The van der Waals surface area contributed by atoms with E-state index in [1.807, 2.05) is 0 Å². The van der Waals surface area contributed by atoms with Gasteiger partial charge in [0, 0.05) is 6.20 Å². The Bertz CT molecular complexity index is 761. The van der Waals surface area contributed by atoms with Crippen molar-refractivity contribution in [1.29, 1.82) is 0 Å². The van der Waals surface area contributed by atoms with Gasteiger partial charge < -0.3 is 5.11 Å². The number of benzene rings is 1. The summed E-state index contributed by atoms with van der Waals surface area (Å²) in [6.07, 6.45) is 2.47. The Morgan fingerprint density at radius 1 is 1.19 bits per heavy atom. The van der Waals surface area contributed by atoms with Crippen LogP contribution in [0.5, 0.6) is 0 Å². The number of halogens is 3. The summed E-state index contributed by atoms with van der Waals surface area (Å²) in [5, 5.41) is 13.1.